The lowest BCUT2D eigenvalue weighted by atomic mass is 10.0. The third-order valence-electron chi connectivity index (χ3n) is 2.04. The van der Waals surface area contributed by atoms with Gasteiger partial charge in [-0.3, -0.25) is 0 Å². The number of rotatable bonds is 1. The van der Waals surface area contributed by atoms with Crippen LogP contribution in [0.15, 0.2) is 48.5 Å². The molecule has 2 aromatic carbocycles. The van der Waals surface area contributed by atoms with Crippen LogP contribution in [0.5, 0.6) is 0 Å². The molecule has 77 valence electrons. The maximum absolute atomic E-state index is 6.69. The molecular formula is C13H13OS. The fourth-order valence-electron chi connectivity index (χ4n) is 1.39. The molecule has 2 heteroatoms. The summed E-state index contributed by atoms with van der Waals surface area (Å²) in [5, 5.41) is 0. The van der Waals surface area contributed by atoms with E-state index in [9.17, 15) is 0 Å². The van der Waals surface area contributed by atoms with Crippen molar-refractivity contribution < 1.29 is 4.55 Å². The second kappa shape index (κ2) is 6.27. The quantitative estimate of drug-likeness (QED) is 0.549. The highest BCUT2D eigenvalue weighted by Gasteiger charge is 1.95. The Balaban J connectivity index is 0.000000531. The van der Waals surface area contributed by atoms with Crippen LogP contribution < -0.4 is 0 Å². The third-order valence-corrected chi connectivity index (χ3v) is 2.04. The Kier molecular flexibility index (Phi) is 4.95. The number of thiol groups is 1. The van der Waals surface area contributed by atoms with Gasteiger partial charge in [0.25, 0.3) is 0 Å². The van der Waals surface area contributed by atoms with Crippen molar-refractivity contribution in [3.05, 3.63) is 60.2 Å². The minimum absolute atomic E-state index is 1.16. The maximum Gasteiger partial charge on any atom is -0.00992 e. The molecule has 0 aliphatic rings. The fourth-order valence-corrected chi connectivity index (χ4v) is 1.39. The summed E-state index contributed by atoms with van der Waals surface area (Å²) >= 11 is 2.53. The van der Waals surface area contributed by atoms with E-state index in [1.807, 2.05) is 18.2 Å². The molecule has 0 unspecified atom stereocenters. The summed E-state index contributed by atoms with van der Waals surface area (Å²) in [6.45, 7) is 2.10. The van der Waals surface area contributed by atoms with Crippen molar-refractivity contribution >= 4 is 12.9 Å². The first-order chi connectivity index (χ1) is 7.36. The second-order valence-electron chi connectivity index (χ2n) is 3.15. The first-order valence-corrected chi connectivity index (χ1v) is 5.00. The van der Waals surface area contributed by atoms with Gasteiger partial charge in [-0.1, -0.05) is 54.1 Å². The van der Waals surface area contributed by atoms with E-state index in [0.717, 1.165) is 5.56 Å². The van der Waals surface area contributed by atoms with Crippen LogP contribution in [-0.2, 0) is 0 Å². The molecule has 1 N–H and O–H groups in total. The molecule has 2 aromatic rings. The van der Waals surface area contributed by atoms with Gasteiger partial charge in [0.05, 0.1) is 0 Å². The SMILES string of the molecule is Cc1cccc(-c2[c]cccc2)c1.OS. The van der Waals surface area contributed by atoms with Crippen molar-refractivity contribution in [2.75, 3.05) is 0 Å². The van der Waals surface area contributed by atoms with Crippen molar-refractivity contribution in [3.8, 4) is 11.1 Å². The Labute approximate surface area is 96.0 Å². The van der Waals surface area contributed by atoms with E-state index in [-0.39, 0.29) is 0 Å². The van der Waals surface area contributed by atoms with Crippen LogP contribution in [0.25, 0.3) is 11.1 Å². The van der Waals surface area contributed by atoms with Gasteiger partial charge in [0.15, 0.2) is 0 Å². The zero-order chi connectivity index (χ0) is 11.1. The van der Waals surface area contributed by atoms with Gasteiger partial charge >= 0.3 is 0 Å². The zero-order valence-electron chi connectivity index (χ0n) is 8.51. The standard InChI is InChI=1S/C13H11.H2OS/c1-11-6-5-9-13(10-11)12-7-3-2-4-8-12;1-2/h2-7,9-10H,1H3;1-2H. The van der Waals surface area contributed by atoms with Crippen molar-refractivity contribution in [1.29, 1.82) is 0 Å². The van der Waals surface area contributed by atoms with E-state index >= 15 is 0 Å². The molecule has 2 rings (SSSR count). The van der Waals surface area contributed by atoms with Crippen molar-refractivity contribution in [2.45, 2.75) is 6.92 Å². The van der Waals surface area contributed by atoms with Gasteiger partial charge in [0.1, 0.15) is 0 Å². The monoisotopic (exact) mass is 217 g/mol. The fraction of sp³-hybridized carbons (Fsp3) is 0.0769. The van der Waals surface area contributed by atoms with Crippen molar-refractivity contribution in [2.24, 2.45) is 0 Å². The van der Waals surface area contributed by atoms with E-state index in [0.29, 0.717) is 0 Å². The molecule has 0 atom stereocenters. The molecule has 0 aliphatic heterocycles. The summed E-state index contributed by atoms with van der Waals surface area (Å²) in [5.74, 6) is 0. The topological polar surface area (TPSA) is 20.2 Å². The number of benzene rings is 2. The van der Waals surface area contributed by atoms with E-state index in [1.165, 1.54) is 11.1 Å². The molecule has 0 bridgehead atoms. The largest absolute Gasteiger partial charge is 0.333 e. The lowest BCUT2D eigenvalue weighted by Gasteiger charge is -2.00. The Bertz CT molecular complexity index is 398. The molecule has 0 aromatic heterocycles. The Morgan fingerprint density at radius 3 is 2.47 bits per heavy atom. The Morgan fingerprint density at radius 2 is 1.87 bits per heavy atom. The predicted molar refractivity (Wildman–Crippen MR) is 67.1 cm³/mol. The minimum atomic E-state index is 1.16. The highest BCUT2D eigenvalue weighted by atomic mass is 32.1. The number of hydrogen-bond acceptors (Lipinski definition) is 2. The van der Waals surface area contributed by atoms with Crippen LogP contribution in [0.1, 0.15) is 5.56 Å². The summed E-state index contributed by atoms with van der Waals surface area (Å²) in [6.07, 6.45) is 0. The van der Waals surface area contributed by atoms with Gasteiger partial charge in [0.2, 0.25) is 0 Å². The molecule has 0 saturated carbocycles. The van der Waals surface area contributed by atoms with Gasteiger partial charge in [0, 0.05) is 0 Å². The van der Waals surface area contributed by atoms with E-state index in [4.69, 9.17) is 4.55 Å². The smallest absolute Gasteiger partial charge is 0.00992 e. The Hall–Kier alpha value is -1.25. The molecule has 0 heterocycles. The maximum atomic E-state index is 6.69. The highest BCUT2D eigenvalue weighted by molar-refractivity contribution is 7.74. The lowest BCUT2D eigenvalue weighted by Crippen LogP contribution is -1.78. The molecule has 0 amide bonds. The number of aryl methyl sites for hydroxylation is 1. The van der Waals surface area contributed by atoms with Crippen LogP contribution >= 0.6 is 12.9 Å². The van der Waals surface area contributed by atoms with E-state index < -0.39 is 0 Å². The van der Waals surface area contributed by atoms with Crippen LogP contribution in [0.3, 0.4) is 0 Å². The van der Waals surface area contributed by atoms with Gasteiger partial charge in [-0.15, -0.1) is 0 Å². The zero-order valence-corrected chi connectivity index (χ0v) is 9.41. The van der Waals surface area contributed by atoms with Crippen LogP contribution in [-0.4, -0.2) is 4.55 Å². The highest BCUT2D eigenvalue weighted by Crippen LogP contribution is 2.18. The van der Waals surface area contributed by atoms with Crippen LogP contribution in [0.2, 0.25) is 0 Å². The van der Waals surface area contributed by atoms with Gasteiger partial charge in [-0.05, 0) is 37.0 Å². The molecule has 0 spiro atoms. The van der Waals surface area contributed by atoms with Crippen LogP contribution in [0, 0.1) is 13.0 Å². The molecular weight excluding hydrogens is 204 g/mol. The summed E-state index contributed by atoms with van der Waals surface area (Å²) in [7, 11) is 0. The van der Waals surface area contributed by atoms with Crippen LogP contribution in [0.4, 0.5) is 0 Å². The molecule has 0 fully saturated rings. The Morgan fingerprint density at radius 1 is 1.07 bits per heavy atom. The van der Waals surface area contributed by atoms with Crippen molar-refractivity contribution in [3.63, 3.8) is 0 Å². The third kappa shape index (κ3) is 3.42. The normalized spacial score (nSPS) is 9.00. The second-order valence-corrected chi connectivity index (χ2v) is 3.15. The molecule has 0 saturated heterocycles. The summed E-state index contributed by atoms with van der Waals surface area (Å²) < 4.78 is 6.69. The first-order valence-electron chi connectivity index (χ1n) is 4.60. The van der Waals surface area contributed by atoms with Gasteiger partial charge in [-0.2, -0.15) is 0 Å². The minimum Gasteiger partial charge on any atom is -0.333 e. The lowest BCUT2D eigenvalue weighted by molar-refractivity contribution is 0.679. The van der Waals surface area contributed by atoms with Crippen molar-refractivity contribution in [1.82, 2.24) is 0 Å². The molecule has 1 radical (unpaired) electrons. The average Bonchev–Trinajstić information content (AvgIpc) is 2.33. The predicted octanol–water partition coefficient (Wildman–Crippen LogP) is 3.85. The summed E-state index contributed by atoms with van der Waals surface area (Å²) in [4.78, 5) is 0. The van der Waals surface area contributed by atoms with Gasteiger partial charge < -0.3 is 4.55 Å². The summed E-state index contributed by atoms with van der Waals surface area (Å²) in [6, 6.07) is 19.7. The van der Waals surface area contributed by atoms with Gasteiger partial charge in [-0.25, -0.2) is 0 Å². The first kappa shape index (κ1) is 11.8. The molecule has 0 aliphatic carbocycles. The number of hydrogen-bond donors (Lipinski definition) is 2. The molecule has 15 heavy (non-hydrogen) atoms. The summed E-state index contributed by atoms with van der Waals surface area (Å²) in [5.41, 5.74) is 3.68. The van der Waals surface area contributed by atoms with E-state index in [1.54, 1.807) is 0 Å². The average molecular weight is 217 g/mol. The van der Waals surface area contributed by atoms with E-state index in [2.05, 4.69) is 56.2 Å². The molecule has 1 nitrogen and oxygen atoms in total.